The van der Waals surface area contributed by atoms with Gasteiger partial charge in [-0.05, 0) is 31.9 Å². The highest BCUT2D eigenvalue weighted by Gasteiger charge is 2.49. The maximum Gasteiger partial charge on any atom is 0.243 e. The number of nitrogens with one attached hydrogen (secondary N) is 1. The number of hydrogen-bond acceptors (Lipinski definition) is 3. The van der Waals surface area contributed by atoms with Crippen LogP contribution in [0.2, 0.25) is 4.34 Å². The second-order valence-electron chi connectivity index (χ2n) is 7.10. The molecular weight excluding hydrogens is 378 g/mol. The van der Waals surface area contributed by atoms with Crippen molar-refractivity contribution in [3.05, 3.63) is 75.1 Å². The second-order valence-corrected chi connectivity index (χ2v) is 8.72. The lowest BCUT2D eigenvalue weighted by Crippen LogP contribution is -2.48. The number of fused-ring (bicyclic) bond motifs is 1. The van der Waals surface area contributed by atoms with Gasteiger partial charge in [0.2, 0.25) is 5.91 Å². The maximum atomic E-state index is 13.6. The van der Waals surface area contributed by atoms with Crippen LogP contribution in [0.5, 0.6) is 0 Å². The summed E-state index contributed by atoms with van der Waals surface area (Å²) in [6, 6.07) is 15.4. The minimum Gasteiger partial charge on any atom is -0.316 e. The second kappa shape index (κ2) is 6.32. The molecule has 1 aromatic heterocycles. The first-order valence-corrected chi connectivity index (χ1v) is 9.84. The molecule has 0 saturated heterocycles. The van der Waals surface area contributed by atoms with E-state index >= 15 is 0 Å². The number of carbonyl (C=O) groups is 2. The molecule has 0 spiro atoms. The van der Waals surface area contributed by atoms with Gasteiger partial charge >= 0.3 is 0 Å². The normalized spacial score (nSPS) is 19.0. The molecule has 2 heterocycles. The highest BCUT2D eigenvalue weighted by molar-refractivity contribution is 7.21. The number of carbonyl (C=O) groups excluding carboxylic acids is 2. The number of ketones is 1. The molecule has 1 amide bonds. The molecule has 0 bridgehead atoms. The standard InChI is InChI=1S/C22H18ClNO2S/c1-12-7-9-14(10-8-12)16-17-18(25)22(3,15-6-4-5-13(2)11-15)21(26)24-20(17)27-19(16)23/h4-11H,1-3H3,(H,24,26). The molecular formula is C22H18ClNO2S. The highest BCUT2D eigenvalue weighted by Crippen LogP contribution is 2.49. The number of Topliss-reactive ketones (excluding diaryl/α,β-unsaturated/α-hetero) is 1. The Hall–Kier alpha value is -2.43. The molecule has 0 aliphatic carbocycles. The van der Waals surface area contributed by atoms with Crippen LogP contribution in [0.3, 0.4) is 0 Å². The molecule has 0 fully saturated rings. The molecule has 1 aliphatic heterocycles. The van der Waals surface area contributed by atoms with Gasteiger partial charge in [-0.1, -0.05) is 71.3 Å². The molecule has 1 atom stereocenters. The quantitative estimate of drug-likeness (QED) is 0.559. The summed E-state index contributed by atoms with van der Waals surface area (Å²) in [6.07, 6.45) is 0. The first kappa shape index (κ1) is 18.0. The zero-order valence-corrected chi connectivity index (χ0v) is 16.8. The van der Waals surface area contributed by atoms with Gasteiger partial charge in [0.05, 0.1) is 5.56 Å². The number of hydrogen-bond donors (Lipinski definition) is 1. The Morgan fingerprint density at radius 2 is 1.67 bits per heavy atom. The van der Waals surface area contributed by atoms with E-state index in [4.69, 9.17) is 11.6 Å². The summed E-state index contributed by atoms with van der Waals surface area (Å²) < 4.78 is 0.506. The topological polar surface area (TPSA) is 46.2 Å². The third kappa shape index (κ3) is 2.71. The summed E-state index contributed by atoms with van der Waals surface area (Å²) in [4.78, 5) is 26.6. The number of rotatable bonds is 2. The fraction of sp³-hybridized carbons (Fsp3) is 0.182. The fourth-order valence-corrected chi connectivity index (χ4v) is 4.86. The van der Waals surface area contributed by atoms with Crippen molar-refractivity contribution in [3.8, 4) is 11.1 Å². The number of aryl methyl sites for hydroxylation is 2. The van der Waals surface area contributed by atoms with Gasteiger partial charge in [-0.2, -0.15) is 0 Å². The molecule has 1 aliphatic rings. The van der Waals surface area contributed by atoms with Crippen LogP contribution in [-0.4, -0.2) is 11.7 Å². The van der Waals surface area contributed by atoms with E-state index in [0.29, 0.717) is 26.0 Å². The van der Waals surface area contributed by atoms with Crippen LogP contribution in [0.1, 0.15) is 34.0 Å². The average molecular weight is 396 g/mol. The lowest BCUT2D eigenvalue weighted by molar-refractivity contribution is -0.119. The van der Waals surface area contributed by atoms with E-state index in [2.05, 4.69) is 5.32 Å². The van der Waals surface area contributed by atoms with Crippen molar-refractivity contribution in [2.45, 2.75) is 26.2 Å². The van der Waals surface area contributed by atoms with E-state index in [1.807, 2.05) is 62.4 Å². The lowest BCUT2D eigenvalue weighted by atomic mass is 9.72. The Balaban J connectivity index is 1.93. The van der Waals surface area contributed by atoms with E-state index < -0.39 is 5.41 Å². The summed E-state index contributed by atoms with van der Waals surface area (Å²) in [7, 11) is 0. The molecule has 4 rings (SSSR count). The van der Waals surface area contributed by atoms with Crippen molar-refractivity contribution >= 4 is 39.6 Å². The molecule has 3 aromatic rings. The van der Waals surface area contributed by atoms with Crippen molar-refractivity contribution in [1.29, 1.82) is 0 Å². The van der Waals surface area contributed by atoms with Gasteiger partial charge in [0.1, 0.15) is 14.8 Å². The predicted molar refractivity (Wildman–Crippen MR) is 111 cm³/mol. The third-order valence-electron chi connectivity index (χ3n) is 5.16. The van der Waals surface area contributed by atoms with Crippen molar-refractivity contribution in [1.82, 2.24) is 0 Å². The van der Waals surface area contributed by atoms with Crippen LogP contribution in [-0.2, 0) is 10.2 Å². The molecule has 0 radical (unpaired) electrons. The van der Waals surface area contributed by atoms with Crippen LogP contribution in [0.4, 0.5) is 5.00 Å². The Labute approximate surface area is 167 Å². The summed E-state index contributed by atoms with van der Waals surface area (Å²) in [5.41, 5.74) is 3.60. The number of anilines is 1. The van der Waals surface area contributed by atoms with Gasteiger partial charge in [-0.25, -0.2) is 0 Å². The Morgan fingerprint density at radius 1 is 0.963 bits per heavy atom. The summed E-state index contributed by atoms with van der Waals surface area (Å²) in [6.45, 7) is 5.64. The summed E-state index contributed by atoms with van der Waals surface area (Å²) in [5, 5.41) is 3.44. The van der Waals surface area contributed by atoms with Gasteiger partial charge in [-0.15, -0.1) is 11.3 Å². The van der Waals surface area contributed by atoms with E-state index in [1.54, 1.807) is 6.92 Å². The minimum absolute atomic E-state index is 0.217. The van der Waals surface area contributed by atoms with Crippen LogP contribution < -0.4 is 5.32 Å². The summed E-state index contributed by atoms with van der Waals surface area (Å²) >= 11 is 7.74. The van der Waals surface area contributed by atoms with Crippen LogP contribution in [0.25, 0.3) is 11.1 Å². The third-order valence-corrected chi connectivity index (χ3v) is 6.48. The molecule has 3 nitrogen and oxygen atoms in total. The molecule has 2 aromatic carbocycles. The first-order chi connectivity index (χ1) is 12.8. The van der Waals surface area contributed by atoms with Crippen molar-refractivity contribution in [3.63, 3.8) is 0 Å². The summed E-state index contributed by atoms with van der Waals surface area (Å²) in [5.74, 6) is -0.537. The molecule has 1 unspecified atom stereocenters. The number of halogens is 1. The molecule has 5 heteroatoms. The van der Waals surface area contributed by atoms with E-state index in [-0.39, 0.29) is 11.7 Å². The molecule has 27 heavy (non-hydrogen) atoms. The van der Waals surface area contributed by atoms with Crippen LogP contribution >= 0.6 is 22.9 Å². The number of thiophene rings is 1. The zero-order valence-electron chi connectivity index (χ0n) is 15.2. The zero-order chi connectivity index (χ0) is 19.3. The maximum absolute atomic E-state index is 13.6. The van der Waals surface area contributed by atoms with Crippen LogP contribution in [0.15, 0.2) is 48.5 Å². The molecule has 1 N–H and O–H groups in total. The van der Waals surface area contributed by atoms with Gasteiger partial charge in [0.25, 0.3) is 0 Å². The average Bonchev–Trinajstić information content (AvgIpc) is 2.96. The van der Waals surface area contributed by atoms with Crippen molar-refractivity contribution in [2.24, 2.45) is 0 Å². The smallest absolute Gasteiger partial charge is 0.243 e. The van der Waals surface area contributed by atoms with Gasteiger partial charge in [0, 0.05) is 5.56 Å². The molecule has 136 valence electrons. The number of amides is 1. The van der Waals surface area contributed by atoms with Gasteiger partial charge in [-0.3, -0.25) is 9.59 Å². The minimum atomic E-state index is -1.29. The largest absolute Gasteiger partial charge is 0.316 e. The van der Waals surface area contributed by atoms with E-state index in [0.717, 1.165) is 16.7 Å². The van der Waals surface area contributed by atoms with E-state index in [1.165, 1.54) is 11.3 Å². The van der Waals surface area contributed by atoms with Crippen molar-refractivity contribution in [2.75, 3.05) is 5.32 Å². The highest BCUT2D eigenvalue weighted by atomic mass is 35.5. The number of benzene rings is 2. The molecule has 0 saturated carbocycles. The van der Waals surface area contributed by atoms with Gasteiger partial charge in [0.15, 0.2) is 5.78 Å². The predicted octanol–water partition coefficient (Wildman–Crippen LogP) is 5.78. The van der Waals surface area contributed by atoms with E-state index in [9.17, 15) is 9.59 Å². The lowest BCUT2D eigenvalue weighted by Gasteiger charge is -2.32. The van der Waals surface area contributed by atoms with Crippen molar-refractivity contribution < 1.29 is 9.59 Å². The fourth-order valence-electron chi connectivity index (χ4n) is 3.49. The Kier molecular flexibility index (Phi) is 4.21. The SMILES string of the molecule is Cc1ccc(-c2c(Cl)sc3c2C(=O)C(C)(c2cccc(C)c2)C(=O)N3)cc1. The monoisotopic (exact) mass is 395 g/mol. The Bertz CT molecular complexity index is 1080. The Morgan fingerprint density at radius 3 is 2.33 bits per heavy atom. The van der Waals surface area contributed by atoms with Gasteiger partial charge < -0.3 is 5.32 Å². The van der Waals surface area contributed by atoms with Crippen LogP contribution in [0, 0.1) is 13.8 Å². The first-order valence-electron chi connectivity index (χ1n) is 8.65.